The largest absolute Gasteiger partial charge is 0.416 e. The van der Waals surface area contributed by atoms with E-state index in [2.05, 4.69) is 10.3 Å². The zero-order chi connectivity index (χ0) is 20.3. The number of aromatic nitrogens is 1. The first-order chi connectivity index (χ1) is 13.2. The van der Waals surface area contributed by atoms with Gasteiger partial charge in [0.05, 0.1) is 23.7 Å². The average molecular weight is 404 g/mol. The van der Waals surface area contributed by atoms with Gasteiger partial charge in [0, 0.05) is 10.9 Å². The Kier molecular flexibility index (Phi) is 5.84. The van der Waals surface area contributed by atoms with Crippen LogP contribution in [0.2, 0.25) is 0 Å². The van der Waals surface area contributed by atoms with Gasteiger partial charge in [-0.2, -0.15) is 13.2 Å². The molecule has 1 amide bonds. The molecule has 0 bridgehead atoms. The number of nitrogens with zero attached hydrogens (tertiary/aromatic N) is 1. The van der Waals surface area contributed by atoms with Crippen molar-refractivity contribution in [2.24, 2.45) is 0 Å². The van der Waals surface area contributed by atoms with Crippen molar-refractivity contribution in [1.29, 1.82) is 0 Å². The molecule has 146 valence electrons. The first kappa shape index (κ1) is 20.1. The third-order valence-corrected chi connectivity index (χ3v) is 5.22. The molecule has 3 aromatic rings. The van der Waals surface area contributed by atoms with Crippen LogP contribution in [0.15, 0.2) is 53.9 Å². The smallest absolute Gasteiger partial charge is 0.349 e. The van der Waals surface area contributed by atoms with Crippen LogP contribution in [0.4, 0.5) is 13.2 Å². The average Bonchev–Trinajstić information content (AvgIpc) is 3.10. The Morgan fingerprint density at radius 1 is 1.18 bits per heavy atom. The van der Waals surface area contributed by atoms with Crippen LogP contribution < -0.4 is 5.32 Å². The van der Waals surface area contributed by atoms with Crippen molar-refractivity contribution in [3.8, 4) is 10.6 Å². The van der Waals surface area contributed by atoms with Crippen LogP contribution in [-0.4, -0.2) is 10.9 Å². The highest BCUT2D eigenvalue weighted by Gasteiger charge is 2.30. The zero-order valence-electron chi connectivity index (χ0n) is 15.4. The van der Waals surface area contributed by atoms with E-state index in [1.807, 2.05) is 36.6 Å². The molecule has 3 rings (SSSR count). The van der Waals surface area contributed by atoms with Gasteiger partial charge in [-0.1, -0.05) is 42.0 Å². The molecule has 28 heavy (non-hydrogen) atoms. The van der Waals surface area contributed by atoms with E-state index in [4.69, 9.17) is 0 Å². The van der Waals surface area contributed by atoms with Gasteiger partial charge in [0.2, 0.25) is 5.91 Å². The summed E-state index contributed by atoms with van der Waals surface area (Å²) < 4.78 is 38.6. The molecule has 3 nitrogen and oxygen atoms in total. The van der Waals surface area contributed by atoms with Crippen LogP contribution in [-0.2, 0) is 17.4 Å². The fourth-order valence-corrected chi connectivity index (χ4v) is 3.57. The summed E-state index contributed by atoms with van der Waals surface area (Å²) in [5, 5.41) is 5.39. The summed E-state index contributed by atoms with van der Waals surface area (Å²) >= 11 is 1.45. The van der Waals surface area contributed by atoms with Crippen LogP contribution >= 0.6 is 11.3 Å². The van der Waals surface area contributed by atoms with Crippen molar-refractivity contribution in [3.63, 3.8) is 0 Å². The number of thiazole rings is 1. The highest BCUT2D eigenvalue weighted by molar-refractivity contribution is 7.13. The molecular weight excluding hydrogens is 385 g/mol. The standard InChI is InChI=1S/C21H19F3N2OS/c1-13-6-8-15(9-7-13)20-26-18(12-28-20)11-19(27)25-14(2)16-4-3-5-17(10-16)21(22,23)24/h3-10,12,14H,11H2,1-2H3,(H,25,27). The minimum absolute atomic E-state index is 0.0751. The van der Waals surface area contributed by atoms with Crippen molar-refractivity contribution < 1.29 is 18.0 Å². The molecule has 1 heterocycles. The van der Waals surface area contributed by atoms with E-state index < -0.39 is 17.8 Å². The lowest BCUT2D eigenvalue weighted by atomic mass is 10.0. The summed E-state index contributed by atoms with van der Waals surface area (Å²) in [7, 11) is 0. The van der Waals surface area contributed by atoms with Gasteiger partial charge in [0.25, 0.3) is 0 Å². The highest BCUT2D eigenvalue weighted by atomic mass is 32.1. The summed E-state index contributed by atoms with van der Waals surface area (Å²) in [5.41, 5.74) is 2.45. The lowest BCUT2D eigenvalue weighted by molar-refractivity contribution is -0.137. The molecule has 0 aliphatic heterocycles. The predicted molar refractivity (Wildman–Crippen MR) is 104 cm³/mol. The summed E-state index contributed by atoms with van der Waals surface area (Å²) in [6.07, 6.45) is -4.33. The van der Waals surface area contributed by atoms with Crippen LogP contribution in [0.1, 0.15) is 35.3 Å². The van der Waals surface area contributed by atoms with Gasteiger partial charge in [0.15, 0.2) is 0 Å². The second-order valence-electron chi connectivity index (χ2n) is 6.60. The summed E-state index contributed by atoms with van der Waals surface area (Å²) in [6, 6.07) is 12.4. The Bertz CT molecular complexity index is 964. The fraction of sp³-hybridized carbons (Fsp3) is 0.238. The molecule has 0 radical (unpaired) electrons. The van der Waals surface area contributed by atoms with Gasteiger partial charge < -0.3 is 5.32 Å². The monoisotopic (exact) mass is 404 g/mol. The Hall–Kier alpha value is -2.67. The zero-order valence-corrected chi connectivity index (χ0v) is 16.2. The molecule has 7 heteroatoms. The number of rotatable bonds is 5. The maximum absolute atomic E-state index is 12.9. The molecule has 0 aliphatic carbocycles. The Balaban J connectivity index is 1.64. The molecule has 1 N–H and O–H groups in total. The summed E-state index contributed by atoms with van der Waals surface area (Å²) in [4.78, 5) is 16.8. The third kappa shape index (κ3) is 4.98. The molecule has 2 aromatic carbocycles. The number of carbonyl (C=O) groups excluding carboxylic acids is 1. The Morgan fingerprint density at radius 3 is 2.57 bits per heavy atom. The van der Waals surface area contributed by atoms with Gasteiger partial charge in [-0.15, -0.1) is 11.3 Å². The summed E-state index contributed by atoms with van der Waals surface area (Å²) in [6.45, 7) is 3.67. The van der Waals surface area contributed by atoms with Gasteiger partial charge in [-0.05, 0) is 31.5 Å². The normalized spacial score (nSPS) is 12.6. The van der Waals surface area contributed by atoms with Gasteiger partial charge in [0.1, 0.15) is 5.01 Å². The van der Waals surface area contributed by atoms with E-state index in [0.29, 0.717) is 11.3 Å². The fourth-order valence-electron chi connectivity index (χ4n) is 2.74. The van der Waals surface area contributed by atoms with Gasteiger partial charge in [-0.25, -0.2) is 4.98 Å². The summed E-state index contributed by atoms with van der Waals surface area (Å²) in [5.74, 6) is -0.286. The predicted octanol–water partition coefficient (Wildman–Crippen LogP) is 5.56. The van der Waals surface area contributed by atoms with E-state index in [1.165, 1.54) is 17.4 Å². The molecule has 0 spiro atoms. The van der Waals surface area contributed by atoms with E-state index in [9.17, 15) is 18.0 Å². The number of hydrogen-bond acceptors (Lipinski definition) is 3. The maximum Gasteiger partial charge on any atom is 0.416 e. The van der Waals surface area contributed by atoms with Crippen molar-refractivity contribution in [1.82, 2.24) is 10.3 Å². The molecule has 1 atom stereocenters. The topological polar surface area (TPSA) is 42.0 Å². The van der Waals surface area contributed by atoms with Crippen LogP contribution in [0.25, 0.3) is 10.6 Å². The molecule has 0 fully saturated rings. The number of benzene rings is 2. The molecule has 1 aromatic heterocycles. The maximum atomic E-state index is 12.9. The van der Waals surface area contributed by atoms with Gasteiger partial charge in [-0.3, -0.25) is 4.79 Å². The number of halogens is 3. The number of amides is 1. The first-order valence-corrected chi connectivity index (χ1v) is 9.58. The molecule has 0 saturated carbocycles. The minimum Gasteiger partial charge on any atom is -0.349 e. The van der Waals surface area contributed by atoms with Crippen molar-refractivity contribution in [2.45, 2.75) is 32.5 Å². The van der Waals surface area contributed by atoms with E-state index in [-0.39, 0.29) is 12.3 Å². The number of carbonyl (C=O) groups is 1. The Morgan fingerprint density at radius 2 is 1.89 bits per heavy atom. The van der Waals surface area contributed by atoms with Gasteiger partial charge >= 0.3 is 6.18 Å². The molecule has 1 unspecified atom stereocenters. The number of aryl methyl sites for hydroxylation is 1. The molecule has 0 saturated heterocycles. The van der Waals surface area contributed by atoms with Crippen LogP contribution in [0.3, 0.4) is 0 Å². The highest BCUT2D eigenvalue weighted by Crippen LogP contribution is 2.30. The van der Waals surface area contributed by atoms with E-state index >= 15 is 0 Å². The second-order valence-corrected chi connectivity index (χ2v) is 7.46. The lowest BCUT2D eigenvalue weighted by Gasteiger charge is -2.16. The number of hydrogen-bond donors (Lipinski definition) is 1. The SMILES string of the molecule is Cc1ccc(-c2nc(CC(=O)NC(C)c3cccc(C(F)(F)F)c3)cs2)cc1. The quantitative estimate of drug-likeness (QED) is 0.605. The Labute approximate surface area is 165 Å². The minimum atomic E-state index is -4.41. The number of alkyl halides is 3. The van der Waals surface area contributed by atoms with E-state index in [0.717, 1.165) is 28.3 Å². The van der Waals surface area contributed by atoms with Crippen molar-refractivity contribution in [2.75, 3.05) is 0 Å². The molecule has 0 aliphatic rings. The lowest BCUT2D eigenvalue weighted by Crippen LogP contribution is -2.28. The van der Waals surface area contributed by atoms with Crippen molar-refractivity contribution >= 4 is 17.2 Å². The number of nitrogens with one attached hydrogen (secondary N) is 1. The second kappa shape index (κ2) is 8.14. The van der Waals surface area contributed by atoms with Crippen molar-refractivity contribution in [3.05, 3.63) is 76.3 Å². The van der Waals surface area contributed by atoms with E-state index in [1.54, 1.807) is 13.0 Å². The van der Waals surface area contributed by atoms with Crippen LogP contribution in [0.5, 0.6) is 0 Å². The molecular formula is C21H19F3N2OS. The van der Waals surface area contributed by atoms with Crippen LogP contribution in [0, 0.1) is 6.92 Å². The third-order valence-electron chi connectivity index (χ3n) is 4.28. The first-order valence-electron chi connectivity index (χ1n) is 8.70.